The zero-order chi connectivity index (χ0) is 26.6. The minimum Gasteiger partial charge on any atom is -0.490 e. The normalized spacial score (nSPS) is 15.1. The van der Waals surface area contributed by atoms with E-state index in [2.05, 4.69) is 38.2 Å². The highest BCUT2D eigenvalue weighted by Gasteiger charge is 2.36. The maximum atomic E-state index is 13.0. The van der Waals surface area contributed by atoms with Crippen molar-refractivity contribution in [1.29, 1.82) is 0 Å². The van der Waals surface area contributed by atoms with Gasteiger partial charge >= 0.3 is 6.03 Å². The second kappa shape index (κ2) is 10.7. The van der Waals surface area contributed by atoms with Crippen molar-refractivity contribution in [2.24, 2.45) is 0 Å². The SMILES string of the molecule is Cc1ccc(N2C(=O)NC(=O)/C(=C\c3ccc(OCCOc4ccc(C(C)(C)C)cc4)cc3)C2=O)cc1. The third-order valence-electron chi connectivity index (χ3n) is 5.93. The lowest BCUT2D eigenvalue weighted by Gasteiger charge is -2.26. The van der Waals surface area contributed by atoms with Gasteiger partial charge in [0.2, 0.25) is 0 Å². The molecule has 1 saturated heterocycles. The van der Waals surface area contributed by atoms with Gasteiger partial charge in [0.15, 0.2) is 0 Å². The predicted molar refractivity (Wildman–Crippen MR) is 143 cm³/mol. The number of nitrogens with zero attached hydrogens (tertiary/aromatic N) is 1. The molecule has 190 valence electrons. The average Bonchev–Trinajstić information content (AvgIpc) is 2.86. The Morgan fingerprint density at radius 1 is 0.784 bits per heavy atom. The Labute approximate surface area is 216 Å². The van der Waals surface area contributed by atoms with Crippen molar-refractivity contribution < 1.29 is 23.9 Å². The second-order valence-corrected chi connectivity index (χ2v) is 9.83. The molecule has 0 saturated carbocycles. The number of aryl methyl sites for hydroxylation is 1. The molecule has 1 heterocycles. The molecule has 4 amide bonds. The largest absolute Gasteiger partial charge is 0.490 e. The number of hydrogen-bond donors (Lipinski definition) is 1. The standard InChI is InChI=1S/C30H30N2O5/c1-20-5-11-23(12-6-20)32-28(34)26(27(33)31-29(32)35)19-21-7-13-24(14-8-21)36-17-18-37-25-15-9-22(10-16-25)30(2,3)4/h5-16,19H,17-18H2,1-4H3,(H,31,33,35)/b26-19+. The summed E-state index contributed by atoms with van der Waals surface area (Å²) >= 11 is 0. The number of barbiturate groups is 1. The number of carbonyl (C=O) groups is 3. The molecule has 1 aliphatic rings. The first-order chi connectivity index (χ1) is 17.6. The van der Waals surface area contributed by atoms with Crippen LogP contribution in [-0.4, -0.2) is 31.1 Å². The quantitative estimate of drug-likeness (QED) is 0.267. The summed E-state index contributed by atoms with van der Waals surface area (Å²) in [6, 6.07) is 21.2. The Morgan fingerprint density at radius 3 is 1.86 bits per heavy atom. The van der Waals surface area contributed by atoms with Gasteiger partial charge < -0.3 is 9.47 Å². The summed E-state index contributed by atoms with van der Waals surface area (Å²) in [6.07, 6.45) is 1.46. The van der Waals surface area contributed by atoms with Crippen LogP contribution in [0.2, 0.25) is 0 Å². The van der Waals surface area contributed by atoms with Gasteiger partial charge in [0.05, 0.1) is 5.69 Å². The molecule has 7 nitrogen and oxygen atoms in total. The van der Waals surface area contributed by atoms with Crippen molar-refractivity contribution in [3.63, 3.8) is 0 Å². The van der Waals surface area contributed by atoms with Crippen LogP contribution in [0, 0.1) is 6.92 Å². The molecule has 1 N–H and O–H groups in total. The van der Waals surface area contributed by atoms with E-state index < -0.39 is 17.8 Å². The first-order valence-electron chi connectivity index (χ1n) is 12.1. The summed E-state index contributed by atoms with van der Waals surface area (Å²) in [4.78, 5) is 38.7. The maximum Gasteiger partial charge on any atom is 0.335 e. The fraction of sp³-hybridized carbons (Fsp3) is 0.233. The fourth-order valence-electron chi connectivity index (χ4n) is 3.78. The molecule has 0 spiro atoms. The van der Waals surface area contributed by atoms with Gasteiger partial charge in [0.1, 0.15) is 30.3 Å². The molecular formula is C30H30N2O5. The highest BCUT2D eigenvalue weighted by atomic mass is 16.5. The highest BCUT2D eigenvalue weighted by molar-refractivity contribution is 6.39. The lowest BCUT2D eigenvalue weighted by molar-refractivity contribution is -0.122. The zero-order valence-electron chi connectivity index (χ0n) is 21.4. The summed E-state index contributed by atoms with van der Waals surface area (Å²) in [7, 11) is 0. The van der Waals surface area contributed by atoms with Gasteiger partial charge in [-0.3, -0.25) is 14.9 Å². The third kappa shape index (κ3) is 6.25. The van der Waals surface area contributed by atoms with Crippen LogP contribution in [0.25, 0.3) is 6.08 Å². The molecule has 0 aliphatic carbocycles. The number of amides is 4. The molecule has 3 aromatic carbocycles. The molecule has 0 aromatic heterocycles. The number of anilines is 1. The molecule has 1 fully saturated rings. The first kappa shape index (κ1) is 25.7. The van der Waals surface area contributed by atoms with E-state index in [9.17, 15) is 14.4 Å². The Kier molecular flexibility index (Phi) is 7.43. The number of ether oxygens (including phenoxy) is 2. The number of carbonyl (C=O) groups excluding carboxylic acids is 3. The van der Waals surface area contributed by atoms with Gasteiger partial charge in [-0.15, -0.1) is 0 Å². The molecule has 0 bridgehead atoms. The number of imide groups is 2. The number of hydrogen-bond acceptors (Lipinski definition) is 5. The van der Waals surface area contributed by atoms with Crippen molar-refractivity contribution >= 4 is 29.6 Å². The Balaban J connectivity index is 1.35. The van der Waals surface area contributed by atoms with E-state index in [1.165, 1.54) is 11.6 Å². The fourth-order valence-corrected chi connectivity index (χ4v) is 3.78. The van der Waals surface area contributed by atoms with Gasteiger partial charge in [-0.25, -0.2) is 9.69 Å². The van der Waals surface area contributed by atoms with Crippen LogP contribution in [0.5, 0.6) is 11.5 Å². The number of rotatable bonds is 7. The van der Waals surface area contributed by atoms with E-state index in [0.717, 1.165) is 16.2 Å². The van der Waals surface area contributed by atoms with E-state index >= 15 is 0 Å². The lowest BCUT2D eigenvalue weighted by atomic mass is 9.87. The van der Waals surface area contributed by atoms with Crippen molar-refractivity contribution in [3.8, 4) is 11.5 Å². The molecule has 0 atom stereocenters. The Bertz CT molecular complexity index is 1320. The molecule has 0 radical (unpaired) electrons. The van der Waals surface area contributed by atoms with Gasteiger partial charge in [0, 0.05) is 0 Å². The first-order valence-corrected chi connectivity index (χ1v) is 12.1. The van der Waals surface area contributed by atoms with E-state index in [1.807, 2.05) is 19.1 Å². The van der Waals surface area contributed by atoms with Gasteiger partial charge in [-0.2, -0.15) is 0 Å². The van der Waals surface area contributed by atoms with Crippen LogP contribution >= 0.6 is 0 Å². The number of nitrogens with one attached hydrogen (secondary N) is 1. The highest BCUT2D eigenvalue weighted by Crippen LogP contribution is 2.25. The van der Waals surface area contributed by atoms with Crippen molar-refractivity contribution in [3.05, 3.63) is 95.1 Å². The molecule has 0 unspecified atom stereocenters. The monoisotopic (exact) mass is 498 g/mol. The topological polar surface area (TPSA) is 84.9 Å². The Morgan fingerprint density at radius 2 is 1.32 bits per heavy atom. The minimum atomic E-state index is -0.771. The van der Waals surface area contributed by atoms with Crippen molar-refractivity contribution in [2.75, 3.05) is 18.1 Å². The smallest absolute Gasteiger partial charge is 0.335 e. The summed E-state index contributed by atoms with van der Waals surface area (Å²) in [5.41, 5.74) is 3.22. The van der Waals surface area contributed by atoms with Crippen LogP contribution < -0.4 is 19.7 Å². The van der Waals surface area contributed by atoms with Crippen molar-refractivity contribution in [2.45, 2.75) is 33.1 Å². The van der Waals surface area contributed by atoms with Crippen LogP contribution in [0.4, 0.5) is 10.5 Å². The molecule has 3 aromatic rings. The molecule has 4 rings (SSSR count). The zero-order valence-corrected chi connectivity index (χ0v) is 21.4. The maximum absolute atomic E-state index is 13.0. The number of urea groups is 1. The van der Waals surface area contributed by atoms with Gasteiger partial charge in [0.25, 0.3) is 11.8 Å². The van der Waals surface area contributed by atoms with E-state index in [4.69, 9.17) is 9.47 Å². The summed E-state index contributed by atoms with van der Waals surface area (Å²) < 4.78 is 11.5. The lowest BCUT2D eigenvalue weighted by Crippen LogP contribution is -2.54. The second-order valence-electron chi connectivity index (χ2n) is 9.83. The van der Waals surface area contributed by atoms with Crippen LogP contribution in [0.1, 0.15) is 37.5 Å². The van der Waals surface area contributed by atoms with Crippen molar-refractivity contribution in [1.82, 2.24) is 5.32 Å². The molecule has 37 heavy (non-hydrogen) atoms. The van der Waals surface area contributed by atoms with Crippen LogP contribution in [-0.2, 0) is 15.0 Å². The number of benzene rings is 3. The third-order valence-corrected chi connectivity index (χ3v) is 5.93. The van der Waals surface area contributed by atoms with Crippen LogP contribution in [0.15, 0.2) is 78.4 Å². The van der Waals surface area contributed by atoms with E-state index in [0.29, 0.717) is 30.2 Å². The minimum absolute atomic E-state index is 0.0930. The molecule has 1 aliphatic heterocycles. The summed E-state index contributed by atoms with van der Waals surface area (Å²) in [5, 5.41) is 2.23. The van der Waals surface area contributed by atoms with E-state index in [-0.39, 0.29) is 11.0 Å². The summed E-state index contributed by atoms with van der Waals surface area (Å²) in [5.74, 6) is 0.00820. The average molecular weight is 499 g/mol. The van der Waals surface area contributed by atoms with Crippen LogP contribution in [0.3, 0.4) is 0 Å². The van der Waals surface area contributed by atoms with E-state index in [1.54, 1.807) is 48.5 Å². The summed E-state index contributed by atoms with van der Waals surface area (Å²) in [6.45, 7) is 9.15. The van der Waals surface area contributed by atoms with Gasteiger partial charge in [-0.1, -0.05) is 62.7 Å². The molecule has 7 heteroatoms. The predicted octanol–water partition coefficient (Wildman–Crippen LogP) is 5.42. The molecular weight excluding hydrogens is 468 g/mol. The Hall–Kier alpha value is -4.39. The van der Waals surface area contributed by atoms with Gasteiger partial charge in [-0.05, 0) is 65.9 Å².